The number of nitrogens with zero attached hydrogens (tertiary/aromatic N) is 1. The third-order valence-corrected chi connectivity index (χ3v) is 2.69. The maximum Gasteiger partial charge on any atom is 0.100 e. The molecule has 0 radical (unpaired) electrons. The number of nitrogens with two attached hydrogens (primary N) is 1. The van der Waals surface area contributed by atoms with Gasteiger partial charge in [0.15, 0.2) is 0 Å². The molecule has 0 fully saturated rings. The Bertz CT molecular complexity index is 330. The summed E-state index contributed by atoms with van der Waals surface area (Å²) in [6.07, 6.45) is 0. The fourth-order valence-corrected chi connectivity index (χ4v) is 1.27. The zero-order chi connectivity index (χ0) is 8.43. The minimum Gasteiger partial charge on any atom is -0.397 e. The Kier molecular flexibility index (Phi) is 2.38. The molecule has 0 saturated carbocycles. The number of benzene rings is 1. The fraction of sp³-hybridized carbons (Fsp3) is 0. The van der Waals surface area contributed by atoms with Crippen LogP contribution in [0.3, 0.4) is 0 Å². The summed E-state index contributed by atoms with van der Waals surface area (Å²) in [7, 11) is 0. The van der Waals surface area contributed by atoms with E-state index in [0.29, 0.717) is 20.7 Å². The van der Waals surface area contributed by atoms with E-state index in [4.69, 9.17) is 22.6 Å². The van der Waals surface area contributed by atoms with E-state index in [2.05, 4.69) is 15.9 Å². The average Bonchev–Trinajstić information content (AvgIpc) is 2.01. The summed E-state index contributed by atoms with van der Waals surface area (Å²) in [6.45, 7) is 0. The predicted molar refractivity (Wildman–Crippen MR) is 48.3 cm³/mol. The van der Waals surface area contributed by atoms with E-state index in [1.54, 1.807) is 12.1 Å². The quantitative estimate of drug-likeness (QED) is 0.698. The van der Waals surface area contributed by atoms with Crippen molar-refractivity contribution in [1.82, 2.24) is 0 Å². The van der Waals surface area contributed by atoms with Gasteiger partial charge in [-0.3, -0.25) is 0 Å². The number of rotatable bonds is 0. The van der Waals surface area contributed by atoms with E-state index < -0.39 is 0 Å². The van der Waals surface area contributed by atoms with Crippen LogP contribution in [0.15, 0.2) is 16.6 Å². The predicted octanol–water partition coefficient (Wildman–Crippen LogP) is 2.56. The molecular formula is C7H4BrClN2. The molecule has 0 aromatic heterocycles. The van der Waals surface area contributed by atoms with Gasteiger partial charge in [-0.25, -0.2) is 0 Å². The summed E-state index contributed by atoms with van der Waals surface area (Å²) in [5.74, 6) is 0. The highest BCUT2D eigenvalue weighted by Crippen LogP contribution is 2.30. The van der Waals surface area contributed by atoms with Gasteiger partial charge in [-0.15, -0.1) is 0 Å². The van der Waals surface area contributed by atoms with E-state index in [1.807, 2.05) is 6.07 Å². The Labute approximate surface area is 77.7 Å². The molecule has 0 bridgehead atoms. The molecule has 2 N–H and O–H groups in total. The van der Waals surface area contributed by atoms with Gasteiger partial charge in [-0.1, -0.05) is 11.6 Å². The Balaban J connectivity index is 3.40. The summed E-state index contributed by atoms with van der Waals surface area (Å²) in [5, 5.41) is 8.95. The van der Waals surface area contributed by atoms with Gasteiger partial charge in [0.2, 0.25) is 0 Å². The van der Waals surface area contributed by atoms with E-state index in [-0.39, 0.29) is 0 Å². The molecule has 0 aliphatic rings. The van der Waals surface area contributed by atoms with Crippen LogP contribution in [-0.4, -0.2) is 0 Å². The van der Waals surface area contributed by atoms with Crippen molar-refractivity contribution in [2.24, 2.45) is 0 Å². The Morgan fingerprint density at radius 3 is 2.73 bits per heavy atom. The van der Waals surface area contributed by atoms with Crippen molar-refractivity contribution in [2.75, 3.05) is 5.73 Å². The van der Waals surface area contributed by atoms with Crippen molar-refractivity contribution in [3.8, 4) is 6.07 Å². The van der Waals surface area contributed by atoms with Crippen LogP contribution in [0.2, 0.25) is 5.02 Å². The second kappa shape index (κ2) is 3.12. The molecule has 1 aromatic carbocycles. The van der Waals surface area contributed by atoms with E-state index in [0.717, 1.165) is 0 Å². The first-order valence-electron chi connectivity index (χ1n) is 2.80. The maximum absolute atomic E-state index is 8.55. The van der Waals surface area contributed by atoms with Gasteiger partial charge >= 0.3 is 0 Å². The molecule has 2 nitrogen and oxygen atoms in total. The van der Waals surface area contributed by atoms with E-state index >= 15 is 0 Å². The molecule has 1 aromatic rings. The lowest BCUT2D eigenvalue weighted by Gasteiger charge is -2.00. The smallest absolute Gasteiger partial charge is 0.100 e. The van der Waals surface area contributed by atoms with Gasteiger partial charge in [0.25, 0.3) is 0 Å². The van der Waals surface area contributed by atoms with Crippen molar-refractivity contribution in [3.05, 3.63) is 27.2 Å². The molecule has 4 heteroatoms. The van der Waals surface area contributed by atoms with Crippen molar-refractivity contribution >= 4 is 33.2 Å². The van der Waals surface area contributed by atoms with Gasteiger partial charge < -0.3 is 5.73 Å². The minimum atomic E-state index is 0.393. The molecule has 0 atom stereocenters. The lowest BCUT2D eigenvalue weighted by atomic mass is 10.2. The molecular weight excluding hydrogens is 227 g/mol. The van der Waals surface area contributed by atoms with Crippen LogP contribution >= 0.6 is 27.5 Å². The summed E-state index contributed by atoms with van der Waals surface area (Å²) in [6, 6.07) is 5.20. The molecule has 0 saturated heterocycles. The lowest BCUT2D eigenvalue weighted by molar-refractivity contribution is 1.47. The van der Waals surface area contributed by atoms with E-state index in [9.17, 15) is 0 Å². The van der Waals surface area contributed by atoms with Crippen LogP contribution in [0.4, 0.5) is 5.69 Å². The van der Waals surface area contributed by atoms with Crippen LogP contribution in [0.25, 0.3) is 0 Å². The largest absolute Gasteiger partial charge is 0.397 e. The molecule has 0 heterocycles. The minimum absolute atomic E-state index is 0.393. The topological polar surface area (TPSA) is 49.8 Å². The monoisotopic (exact) mass is 230 g/mol. The van der Waals surface area contributed by atoms with Crippen LogP contribution in [0, 0.1) is 11.3 Å². The summed E-state index contributed by atoms with van der Waals surface area (Å²) >= 11 is 8.90. The first-order chi connectivity index (χ1) is 5.16. The van der Waals surface area contributed by atoms with E-state index in [1.165, 1.54) is 0 Å². The highest BCUT2D eigenvalue weighted by molar-refractivity contribution is 9.10. The third-order valence-electron chi connectivity index (χ3n) is 1.23. The van der Waals surface area contributed by atoms with Crippen molar-refractivity contribution in [1.29, 1.82) is 5.26 Å². The van der Waals surface area contributed by atoms with Crippen molar-refractivity contribution < 1.29 is 0 Å². The number of nitrogen functional groups attached to an aromatic ring is 1. The molecule has 0 amide bonds. The van der Waals surface area contributed by atoms with Gasteiger partial charge in [-0.2, -0.15) is 5.26 Å². The Hall–Kier alpha value is -0.720. The second-order valence-electron chi connectivity index (χ2n) is 1.94. The van der Waals surface area contributed by atoms with Crippen LogP contribution in [-0.2, 0) is 0 Å². The molecule has 0 aliphatic heterocycles. The molecule has 0 unspecified atom stereocenters. The molecule has 1 rings (SSSR count). The molecule has 56 valence electrons. The number of hydrogen-bond donors (Lipinski definition) is 1. The Morgan fingerprint density at radius 1 is 1.55 bits per heavy atom. The van der Waals surface area contributed by atoms with Crippen molar-refractivity contribution in [2.45, 2.75) is 0 Å². The number of hydrogen-bond acceptors (Lipinski definition) is 2. The zero-order valence-electron chi connectivity index (χ0n) is 5.44. The van der Waals surface area contributed by atoms with Crippen LogP contribution < -0.4 is 5.73 Å². The first-order valence-corrected chi connectivity index (χ1v) is 3.97. The number of anilines is 1. The molecule has 11 heavy (non-hydrogen) atoms. The molecule has 0 aliphatic carbocycles. The van der Waals surface area contributed by atoms with Gasteiger partial charge in [-0.05, 0) is 28.1 Å². The van der Waals surface area contributed by atoms with Gasteiger partial charge in [0, 0.05) is 0 Å². The van der Waals surface area contributed by atoms with Gasteiger partial charge in [0.05, 0.1) is 20.7 Å². The summed E-state index contributed by atoms with van der Waals surface area (Å²) in [5.41, 5.74) is 6.43. The normalized spacial score (nSPS) is 9.18. The van der Waals surface area contributed by atoms with Gasteiger partial charge in [0.1, 0.15) is 6.07 Å². The lowest BCUT2D eigenvalue weighted by Crippen LogP contribution is -1.88. The SMILES string of the molecule is N#Cc1ccc(N)c(Cl)c1Br. The highest BCUT2D eigenvalue weighted by atomic mass is 79.9. The summed E-state index contributed by atoms with van der Waals surface area (Å²) < 4.78 is 0.557. The highest BCUT2D eigenvalue weighted by Gasteiger charge is 2.05. The summed E-state index contributed by atoms with van der Waals surface area (Å²) in [4.78, 5) is 0. The standard InChI is InChI=1S/C7H4BrClN2/c8-6-4(3-10)1-2-5(11)7(6)9/h1-2H,11H2. The first kappa shape index (κ1) is 8.38. The van der Waals surface area contributed by atoms with Crippen molar-refractivity contribution in [3.63, 3.8) is 0 Å². The second-order valence-corrected chi connectivity index (χ2v) is 3.11. The third kappa shape index (κ3) is 1.47. The Morgan fingerprint density at radius 2 is 2.18 bits per heavy atom. The van der Waals surface area contributed by atoms with Crippen LogP contribution in [0.5, 0.6) is 0 Å². The maximum atomic E-state index is 8.55. The number of halogens is 2. The molecule has 0 spiro atoms. The van der Waals surface area contributed by atoms with Crippen LogP contribution in [0.1, 0.15) is 5.56 Å². The number of nitriles is 1. The fourth-order valence-electron chi connectivity index (χ4n) is 0.651. The zero-order valence-corrected chi connectivity index (χ0v) is 7.78. The average molecular weight is 231 g/mol.